The number of nitrogens with one attached hydrogen (secondary N) is 1. The Morgan fingerprint density at radius 2 is 2.06 bits per heavy atom. The molecular formula is C14H15Cl2NS. The molecule has 0 aliphatic rings. The Labute approximate surface area is 122 Å². The predicted molar refractivity (Wildman–Crippen MR) is 80.9 cm³/mol. The third-order valence-corrected chi connectivity index (χ3v) is 4.26. The van der Waals surface area contributed by atoms with Crippen LogP contribution in [0.5, 0.6) is 0 Å². The molecule has 2 aromatic rings. The molecule has 1 aromatic carbocycles. The zero-order valence-corrected chi connectivity index (χ0v) is 12.4. The maximum absolute atomic E-state index is 6.05. The van der Waals surface area contributed by atoms with Crippen molar-refractivity contribution in [3.63, 3.8) is 0 Å². The van der Waals surface area contributed by atoms with Gasteiger partial charge in [0.25, 0.3) is 0 Å². The van der Waals surface area contributed by atoms with Crippen LogP contribution in [-0.2, 0) is 6.42 Å². The van der Waals surface area contributed by atoms with Crippen LogP contribution in [0.4, 0.5) is 0 Å². The Bertz CT molecular complexity index is 497. The van der Waals surface area contributed by atoms with Crippen molar-refractivity contribution in [2.75, 3.05) is 6.54 Å². The van der Waals surface area contributed by atoms with Gasteiger partial charge >= 0.3 is 0 Å². The molecule has 96 valence electrons. The van der Waals surface area contributed by atoms with Crippen LogP contribution in [0, 0.1) is 0 Å². The van der Waals surface area contributed by atoms with E-state index in [1.165, 1.54) is 11.1 Å². The number of hydrogen-bond donors (Lipinski definition) is 1. The highest BCUT2D eigenvalue weighted by Crippen LogP contribution is 2.26. The molecule has 1 unspecified atom stereocenters. The summed E-state index contributed by atoms with van der Waals surface area (Å²) in [5.41, 5.74) is 2.52. The van der Waals surface area contributed by atoms with Gasteiger partial charge in [0.1, 0.15) is 0 Å². The van der Waals surface area contributed by atoms with Crippen LogP contribution in [0.2, 0.25) is 10.0 Å². The maximum Gasteiger partial charge on any atom is 0.0595 e. The van der Waals surface area contributed by atoms with E-state index in [1.807, 2.05) is 18.2 Å². The summed E-state index contributed by atoms with van der Waals surface area (Å²) in [5.74, 6) is 0. The topological polar surface area (TPSA) is 12.0 Å². The van der Waals surface area contributed by atoms with Crippen molar-refractivity contribution in [1.29, 1.82) is 0 Å². The van der Waals surface area contributed by atoms with Crippen molar-refractivity contribution in [2.24, 2.45) is 0 Å². The van der Waals surface area contributed by atoms with E-state index >= 15 is 0 Å². The standard InChI is InChI=1S/C14H15Cl2NS/c1-2-17-14(11-5-6-18-9-11)8-10-3-4-12(15)13(16)7-10/h3-7,9,14,17H,2,8H2,1H3. The highest BCUT2D eigenvalue weighted by atomic mass is 35.5. The molecule has 4 heteroatoms. The molecule has 0 amide bonds. The van der Waals surface area contributed by atoms with Gasteiger partial charge in [-0.2, -0.15) is 11.3 Å². The van der Waals surface area contributed by atoms with Crippen molar-refractivity contribution in [3.8, 4) is 0 Å². The number of halogens is 2. The van der Waals surface area contributed by atoms with E-state index in [-0.39, 0.29) is 0 Å². The molecule has 1 atom stereocenters. The van der Waals surface area contributed by atoms with Crippen molar-refractivity contribution < 1.29 is 0 Å². The van der Waals surface area contributed by atoms with E-state index in [2.05, 4.69) is 29.1 Å². The lowest BCUT2D eigenvalue weighted by atomic mass is 10.0. The highest BCUT2D eigenvalue weighted by molar-refractivity contribution is 7.07. The zero-order chi connectivity index (χ0) is 13.0. The number of thiophene rings is 1. The van der Waals surface area contributed by atoms with Crippen molar-refractivity contribution in [1.82, 2.24) is 5.32 Å². The first kappa shape index (κ1) is 13.9. The van der Waals surface area contributed by atoms with Gasteiger partial charge in [0, 0.05) is 6.04 Å². The molecule has 0 aliphatic heterocycles. The molecule has 1 heterocycles. The first-order valence-electron chi connectivity index (χ1n) is 5.90. The Hall–Kier alpha value is -0.540. The van der Waals surface area contributed by atoms with E-state index < -0.39 is 0 Å². The Balaban J connectivity index is 2.16. The zero-order valence-electron chi connectivity index (χ0n) is 10.1. The fourth-order valence-corrected chi connectivity index (χ4v) is 2.96. The van der Waals surface area contributed by atoms with E-state index in [4.69, 9.17) is 23.2 Å². The molecule has 18 heavy (non-hydrogen) atoms. The summed E-state index contributed by atoms with van der Waals surface area (Å²) in [4.78, 5) is 0. The van der Waals surface area contributed by atoms with E-state index in [1.54, 1.807) is 11.3 Å². The maximum atomic E-state index is 6.05. The van der Waals surface area contributed by atoms with Gasteiger partial charge in [0.2, 0.25) is 0 Å². The van der Waals surface area contributed by atoms with Gasteiger partial charge in [-0.15, -0.1) is 0 Å². The first-order chi connectivity index (χ1) is 8.70. The number of benzene rings is 1. The van der Waals surface area contributed by atoms with Crippen molar-refractivity contribution in [3.05, 3.63) is 56.2 Å². The van der Waals surface area contributed by atoms with Crippen LogP contribution in [-0.4, -0.2) is 6.54 Å². The average Bonchev–Trinajstić information content (AvgIpc) is 2.87. The summed E-state index contributed by atoms with van der Waals surface area (Å²) in [6, 6.07) is 8.33. The summed E-state index contributed by atoms with van der Waals surface area (Å²) in [6.07, 6.45) is 0.918. The second-order valence-corrected chi connectivity index (χ2v) is 5.71. The van der Waals surface area contributed by atoms with Crippen LogP contribution in [0.15, 0.2) is 35.0 Å². The molecule has 0 saturated heterocycles. The predicted octanol–water partition coefficient (Wildman–Crippen LogP) is 4.95. The van der Waals surface area contributed by atoms with Gasteiger partial charge in [0.05, 0.1) is 10.0 Å². The van der Waals surface area contributed by atoms with Gasteiger partial charge in [-0.25, -0.2) is 0 Å². The monoisotopic (exact) mass is 299 g/mol. The Morgan fingerprint density at radius 3 is 2.67 bits per heavy atom. The van der Waals surface area contributed by atoms with E-state index in [0.717, 1.165) is 13.0 Å². The van der Waals surface area contributed by atoms with Crippen LogP contribution in [0.1, 0.15) is 24.1 Å². The minimum absolute atomic E-state index is 0.332. The highest BCUT2D eigenvalue weighted by Gasteiger charge is 2.12. The quantitative estimate of drug-likeness (QED) is 0.824. The molecule has 1 aromatic heterocycles. The van der Waals surface area contributed by atoms with Crippen molar-refractivity contribution >= 4 is 34.5 Å². The summed E-state index contributed by atoms with van der Waals surface area (Å²) in [6.45, 7) is 3.07. The summed E-state index contributed by atoms with van der Waals surface area (Å²) >= 11 is 13.7. The van der Waals surface area contributed by atoms with Gasteiger partial charge in [-0.1, -0.05) is 36.2 Å². The molecule has 0 fully saturated rings. The smallest absolute Gasteiger partial charge is 0.0595 e. The van der Waals surface area contributed by atoms with Crippen LogP contribution >= 0.6 is 34.5 Å². The second-order valence-electron chi connectivity index (χ2n) is 4.12. The van der Waals surface area contributed by atoms with Gasteiger partial charge < -0.3 is 5.32 Å². The Kier molecular flexibility index (Phi) is 5.07. The lowest BCUT2D eigenvalue weighted by Crippen LogP contribution is -2.22. The molecular weight excluding hydrogens is 285 g/mol. The average molecular weight is 300 g/mol. The number of likely N-dealkylation sites (N-methyl/N-ethyl adjacent to an activating group) is 1. The van der Waals surface area contributed by atoms with Crippen LogP contribution in [0.25, 0.3) is 0 Å². The first-order valence-corrected chi connectivity index (χ1v) is 7.60. The molecule has 2 rings (SSSR count). The summed E-state index contributed by atoms with van der Waals surface area (Å²) in [7, 11) is 0. The SMILES string of the molecule is CCNC(Cc1ccc(Cl)c(Cl)c1)c1ccsc1. The fourth-order valence-electron chi connectivity index (χ4n) is 1.93. The molecule has 0 radical (unpaired) electrons. The lowest BCUT2D eigenvalue weighted by molar-refractivity contribution is 0.551. The fraction of sp³-hybridized carbons (Fsp3) is 0.286. The van der Waals surface area contributed by atoms with Crippen LogP contribution in [0.3, 0.4) is 0 Å². The van der Waals surface area contributed by atoms with E-state index in [9.17, 15) is 0 Å². The molecule has 0 aliphatic carbocycles. The minimum atomic E-state index is 0.332. The van der Waals surface area contributed by atoms with Crippen molar-refractivity contribution in [2.45, 2.75) is 19.4 Å². The lowest BCUT2D eigenvalue weighted by Gasteiger charge is -2.17. The summed E-state index contributed by atoms with van der Waals surface area (Å²) < 4.78 is 0. The van der Waals surface area contributed by atoms with Gasteiger partial charge in [0.15, 0.2) is 0 Å². The molecule has 0 spiro atoms. The molecule has 0 saturated carbocycles. The number of rotatable bonds is 5. The van der Waals surface area contributed by atoms with E-state index in [0.29, 0.717) is 16.1 Å². The van der Waals surface area contributed by atoms with Gasteiger partial charge in [-0.05, 0) is 53.1 Å². The third-order valence-electron chi connectivity index (χ3n) is 2.82. The molecule has 0 bridgehead atoms. The molecule has 1 N–H and O–H groups in total. The normalized spacial score (nSPS) is 12.6. The number of hydrogen-bond acceptors (Lipinski definition) is 2. The summed E-state index contributed by atoms with van der Waals surface area (Å²) in [5, 5.41) is 9.02. The molecule has 1 nitrogen and oxygen atoms in total. The Morgan fingerprint density at radius 1 is 1.22 bits per heavy atom. The minimum Gasteiger partial charge on any atom is -0.310 e. The second kappa shape index (κ2) is 6.58. The largest absolute Gasteiger partial charge is 0.310 e. The van der Waals surface area contributed by atoms with Crippen LogP contribution < -0.4 is 5.32 Å². The van der Waals surface area contributed by atoms with Gasteiger partial charge in [-0.3, -0.25) is 0 Å². The third kappa shape index (κ3) is 3.48.